The molecule has 0 bridgehead atoms. The number of halogens is 3. The predicted molar refractivity (Wildman–Crippen MR) is 94.3 cm³/mol. The first-order valence-electron chi connectivity index (χ1n) is 7.77. The van der Waals surface area contributed by atoms with Crippen LogP contribution in [0.5, 0.6) is 5.88 Å². The molecule has 0 aliphatic rings. The van der Waals surface area contributed by atoms with Gasteiger partial charge in [-0.25, -0.2) is 0 Å². The number of nitro groups is 1. The Balaban J connectivity index is 2.65. The Morgan fingerprint density at radius 1 is 1.41 bits per heavy atom. The second kappa shape index (κ2) is 7.93. The Hall–Kier alpha value is -4.01. The molecule has 12 heteroatoms. The summed E-state index contributed by atoms with van der Waals surface area (Å²) in [5.74, 6) is -0.608. The zero-order valence-electron chi connectivity index (χ0n) is 14.8. The van der Waals surface area contributed by atoms with Gasteiger partial charge in [0.2, 0.25) is 5.88 Å². The molecule has 1 aromatic heterocycles. The SMILES string of the molecule is C=CCn1c(O)c(C#N)c(C)c(N=Nc2ccc([N+](=O)[O-])c(C(F)(F)F)c2)c1=O. The molecule has 1 aromatic carbocycles. The molecular formula is C17H12F3N5O4. The fourth-order valence-electron chi connectivity index (χ4n) is 2.44. The average Bonchev–Trinajstić information content (AvgIpc) is 2.64. The van der Waals surface area contributed by atoms with E-state index in [2.05, 4.69) is 16.8 Å². The fraction of sp³-hybridized carbons (Fsp3) is 0.176. The first-order valence-corrected chi connectivity index (χ1v) is 7.77. The molecule has 0 amide bonds. The molecule has 0 aliphatic carbocycles. The van der Waals surface area contributed by atoms with Crippen LogP contribution in [0.2, 0.25) is 0 Å². The van der Waals surface area contributed by atoms with Gasteiger partial charge in [0.15, 0.2) is 5.69 Å². The van der Waals surface area contributed by atoms with Crippen LogP contribution in [-0.2, 0) is 12.7 Å². The van der Waals surface area contributed by atoms with E-state index in [0.717, 1.165) is 10.6 Å². The van der Waals surface area contributed by atoms with Gasteiger partial charge in [0.05, 0.1) is 10.6 Å². The minimum atomic E-state index is -5.01. The highest BCUT2D eigenvalue weighted by molar-refractivity contribution is 5.57. The van der Waals surface area contributed by atoms with Gasteiger partial charge in [0, 0.05) is 18.2 Å². The first-order chi connectivity index (χ1) is 13.5. The molecule has 9 nitrogen and oxygen atoms in total. The van der Waals surface area contributed by atoms with Crippen molar-refractivity contribution in [3.8, 4) is 11.9 Å². The molecule has 0 saturated heterocycles. The van der Waals surface area contributed by atoms with Crippen molar-refractivity contribution in [3.63, 3.8) is 0 Å². The van der Waals surface area contributed by atoms with Crippen LogP contribution in [0.15, 0.2) is 45.9 Å². The fourth-order valence-corrected chi connectivity index (χ4v) is 2.44. The van der Waals surface area contributed by atoms with E-state index in [4.69, 9.17) is 0 Å². The van der Waals surface area contributed by atoms with E-state index in [-0.39, 0.29) is 23.4 Å². The molecule has 0 aliphatic heterocycles. The molecule has 0 unspecified atom stereocenters. The minimum Gasteiger partial charge on any atom is -0.493 e. The van der Waals surface area contributed by atoms with Gasteiger partial charge in [-0.15, -0.1) is 11.7 Å². The maximum Gasteiger partial charge on any atom is 0.423 e. The van der Waals surface area contributed by atoms with Gasteiger partial charge in [0.1, 0.15) is 17.2 Å². The van der Waals surface area contributed by atoms with Crippen molar-refractivity contribution in [1.29, 1.82) is 5.26 Å². The van der Waals surface area contributed by atoms with Crippen LogP contribution in [0, 0.1) is 28.4 Å². The van der Waals surface area contributed by atoms with Crippen LogP contribution in [-0.4, -0.2) is 14.6 Å². The molecule has 150 valence electrons. The van der Waals surface area contributed by atoms with Crippen LogP contribution in [0.4, 0.5) is 30.2 Å². The van der Waals surface area contributed by atoms with Crippen molar-refractivity contribution in [1.82, 2.24) is 4.57 Å². The number of alkyl halides is 3. The van der Waals surface area contributed by atoms with E-state index in [9.17, 15) is 38.4 Å². The Kier molecular flexibility index (Phi) is 5.82. The third-order valence-electron chi connectivity index (χ3n) is 3.83. The summed E-state index contributed by atoms with van der Waals surface area (Å²) in [6.07, 6.45) is -3.72. The standard InChI is InChI=1S/C17H12F3N5O4/c1-3-6-24-15(26)11(8-21)9(2)14(16(24)27)23-22-10-4-5-13(25(28)29)12(7-10)17(18,19)20/h3-5,7,26H,1,6H2,2H3. The van der Waals surface area contributed by atoms with E-state index in [0.29, 0.717) is 12.1 Å². The summed E-state index contributed by atoms with van der Waals surface area (Å²) < 4.78 is 40.0. The van der Waals surface area contributed by atoms with Gasteiger partial charge in [-0.05, 0) is 19.1 Å². The number of aromatic nitrogens is 1. The second-order valence-electron chi connectivity index (χ2n) is 5.64. The summed E-state index contributed by atoms with van der Waals surface area (Å²) in [4.78, 5) is 22.1. The molecule has 2 aromatic rings. The number of hydrogen-bond donors (Lipinski definition) is 1. The molecule has 0 fully saturated rings. The Morgan fingerprint density at radius 2 is 2.07 bits per heavy atom. The number of nitrogens with zero attached hydrogens (tertiary/aromatic N) is 5. The van der Waals surface area contributed by atoms with Gasteiger partial charge in [-0.1, -0.05) is 6.08 Å². The summed E-state index contributed by atoms with van der Waals surface area (Å²) in [6, 6.07) is 3.68. The van der Waals surface area contributed by atoms with Gasteiger partial charge < -0.3 is 5.11 Å². The monoisotopic (exact) mass is 407 g/mol. The van der Waals surface area contributed by atoms with E-state index in [1.54, 1.807) is 6.07 Å². The summed E-state index contributed by atoms with van der Waals surface area (Å²) >= 11 is 0. The molecule has 0 saturated carbocycles. The van der Waals surface area contributed by atoms with Crippen LogP contribution in [0.1, 0.15) is 16.7 Å². The molecule has 1 heterocycles. The maximum absolute atomic E-state index is 13.1. The number of pyridine rings is 1. The smallest absolute Gasteiger partial charge is 0.423 e. The molecule has 0 radical (unpaired) electrons. The molecular weight excluding hydrogens is 395 g/mol. The Morgan fingerprint density at radius 3 is 2.59 bits per heavy atom. The number of aromatic hydroxyl groups is 1. The highest BCUT2D eigenvalue weighted by Crippen LogP contribution is 2.38. The van der Waals surface area contributed by atoms with Crippen LogP contribution in [0.25, 0.3) is 0 Å². The summed E-state index contributed by atoms with van der Waals surface area (Å²) in [5, 5.41) is 37.2. The second-order valence-corrected chi connectivity index (χ2v) is 5.64. The van der Waals surface area contributed by atoms with Crippen LogP contribution >= 0.6 is 0 Å². The Bertz CT molecular complexity index is 1130. The highest BCUT2D eigenvalue weighted by Gasteiger charge is 2.38. The normalized spacial score (nSPS) is 11.4. The van der Waals surface area contributed by atoms with Crippen molar-refractivity contribution in [3.05, 3.63) is 68.0 Å². The minimum absolute atomic E-state index is 0.0305. The maximum atomic E-state index is 13.1. The average molecular weight is 407 g/mol. The van der Waals surface area contributed by atoms with E-state index in [1.807, 2.05) is 0 Å². The largest absolute Gasteiger partial charge is 0.493 e. The number of allylic oxidation sites excluding steroid dienone is 1. The van der Waals surface area contributed by atoms with Crippen LogP contribution in [0.3, 0.4) is 0 Å². The summed E-state index contributed by atoms with van der Waals surface area (Å²) in [6.45, 7) is 4.58. The van der Waals surface area contributed by atoms with E-state index in [1.165, 1.54) is 13.0 Å². The number of benzene rings is 1. The van der Waals surface area contributed by atoms with E-state index >= 15 is 0 Å². The number of azo groups is 1. The summed E-state index contributed by atoms with van der Waals surface area (Å²) in [7, 11) is 0. The third-order valence-corrected chi connectivity index (χ3v) is 3.83. The molecule has 2 rings (SSSR count). The van der Waals surface area contributed by atoms with Gasteiger partial charge >= 0.3 is 6.18 Å². The zero-order chi connectivity index (χ0) is 21.9. The van der Waals surface area contributed by atoms with E-state index < -0.39 is 39.5 Å². The topological polar surface area (TPSA) is 134 Å². The molecule has 0 spiro atoms. The number of rotatable bonds is 5. The van der Waals surface area contributed by atoms with Gasteiger partial charge in [0.25, 0.3) is 11.2 Å². The van der Waals surface area contributed by atoms with Gasteiger partial charge in [-0.2, -0.15) is 23.5 Å². The van der Waals surface area contributed by atoms with Crippen LogP contribution < -0.4 is 5.56 Å². The molecule has 1 N–H and O–H groups in total. The van der Waals surface area contributed by atoms with Crippen molar-refractivity contribution >= 4 is 17.1 Å². The number of hydrogen-bond acceptors (Lipinski definition) is 7. The Labute approximate surface area is 160 Å². The van der Waals surface area contributed by atoms with Gasteiger partial charge in [-0.3, -0.25) is 19.5 Å². The lowest BCUT2D eigenvalue weighted by molar-refractivity contribution is -0.388. The highest BCUT2D eigenvalue weighted by atomic mass is 19.4. The summed E-state index contributed by atoms with van der Waals surface area (Å²) in [5.41, 5.74) is -4.60. The molecule has 0 atom stereocenters. The van der Waals surface area contributed by atoms with Crippen molar-refractivity contribution in [2.75, 3.05) is 0 Å². The molecule has 29 heavy (non-hydrogen) atoms. The number of nitriles is 1. The zero-order valence-corrected chi connectivity index (χ0v) is 14.8. The lowest BCUT2D eigenvalue weighted by atomic mass is 10.1. The number of nitro benzene ring substituents is 1. The third kappa shape index (κ3) is 4.13. The lowest BCUT2D eigenvalue weighted by Crippen LogP contribution is -2.21. The van der Waals surface area contributed by atoms with Crippen molar-refractivity contribution in [2.45, 2.75) is 19.6 Å². The predicted octanol–water partition coefficient (Wildman–Crippen LogP) is 4.26. The lowest BCUT2D eigenvalue weighted by Gasteiger charge is -2.11. The van der Waals surface area contributed by atoms with Crippen molar-refractivity contribution < 1.29 is 23.2 Å². The van der Waals surface area contributed by atoms with Crippen molar-refractivity contribution in [2.24, 2.45) is 10.2 Å². The first kappa shape index (κ1) is 21.3. The quantitative estimate of drug-likeness (QED) is 0.342.